The van der Waals surface area contributed by atoms with Crippen LogP contribution in [0.25, 0.3) is 0 Å². The minimum Gasteiger partial charge on any atom is -0.354 e. The van der Waals surface area contributed by atoms with Crippen molar-refractivity contribution >= 4 is 27.4 Å². The fraction of sp³-hybridized carbons (Fsp3) is 0.300. The number of nitrogens with zero attached hydrogens (tertiary/aromatic N) is 1. The van der Waals surface area contributed by atoms with E-state index in [0.717, 1.165) is 16.1 Å². The summed E-state index contributed by atoms with van der Waals surface area (Å²) < 4.78 is 25.3. The summed E-state index contributed by atoms with van der Waals surface area (Å²) in [6.07, 6.45) is 1.04. The van der Waals surface area contributed by atoms with Crippen LogP contribution in [0.4, 0.5) is 5.69 Å². The van der Waals surface area contributed by atoms with Gasteiger partial charge in [0.15, 0.2) is 5.78 Å². The summed E-state index contributed by atoms with van der Waals surface area (Å²) in [4.78, 5) is 23.9. The standard InChI is InChI=1S/C20H24N2O4S/c1-15(17-8-5-4-6-9-17)13-21-20(24)14-22(27(3,25)26)19-11-7-10-18(12-19)16(2)23/h4-12,15H,13-14H2,1-3H3,(H,21,24)/t15-/m0/s1. The van der Waals surface area contributed by atoms with Crippen molar-refractivity contribution in [3.05, 3.63) is 65.7 Å². The first-order valence-corrected chi connectivity index (χ1v) is 10.4. The van der Waals surface area contributed by atoms with Gasteiger partial charge in [-0.1, -0.05) is 49.4 Å². The third-order valence-electron chi connectivity index (χ3n) is 4.20. The first kappa shape index (κ1) is 20.6. The number of ketones is 1. The molecule has 6 nitrogen and oxygen atoms in total. The molecule has 0 bridgehead atoms. The molecule has 2 rings (SSSR count). The number of carbonyl (C=O) groups excluding carboxylic acids is 2. The highest BCUT2D eigenvalue weighted by Gasteiger charge is 2.21. The molecule has 1 N–H and O–H groups in total. The normalized spacial score (nSPS) is 12.3. The minimum absolute atomic E-state index is 0.0999. The second-order valence-electron chi connectivity index (χ2n) is 6.49. The van der Waals surface area contributed by atoms with E-state index >= 15 is 0 Å². The summed E-state index contributed by atoms with van der Waals surface area (Å²) in [5.41, 5.74) is 1.77. The Kier molecular flexibility index (Phi) is 6.74. The van der Waals surface area contributed by atoms with Crippen LogP contribution in [0, 0.1) is 0 Å². The number of amides is 1. The molecule has 0 saturated heterocycles. The number of hydrogen-bond acceptors (Lipinski definition) is 4. The SMILES string of the molecule is CC(=O)c1cccc(N(CC(=O)NC[C@H](C)c2ccccc2)S(C)(=O)=O)c1. The molecule has 2 aromatic rings. The van der Waals surface area contributed by atoms with Gasteiger partial charge in [-0.2, -0.15) is 0 Å². The van der Waals surface area contributed by atoms with E-state index < -0.39 is 15.9 Å². The summed E-state index contributed by atoms with van der Waals surface area (Å²) >= 11 is 0. The van der Waals surface area contributed by atoms with Crippen molar-refractivity contribution in [1.82, 2.24) is 5.32 Å². The summed E-state index contributed by atoms with van der Waals surface area (Å²) in [5, 5.41) is 2.78. The monoisotopic (exact) mass is 388 g/mol. The summed E-state index contributed by atoms with van der Waals surface area (Å²) in [5.74, 6) is -0.481. The fourth-order valence-electron chi connectivity index (χ4n) is 2.63. The number of Topliss-reactive ketones (excluding diaryl/α,β-unsaturated/α-hetero) is 1. The molecule has 0 unspecified atom stereocenters. The molecule has 0 aliphatic rings. The largest absolute Gasteiger partial charge is 0.354 e. The van der Waals surface area contributed by atoms with Crippen LogP contribution in [0.15, 0.2) is 54.6 Å². The maximum absolute atomic E-state index is 12.3. The zero-order chi connectivity index (χ0) is 20.0. The number of carbonyl (C=O) groups is 2. The summed E-state index contributed by atoms with van der Waals surface area (Å²) in [7, 11) is -3.69. The Labute approximate surface area is 160 Å². The Bertz CT molecular complexity index is 911. The molecule has 1 atom stereocenters. The average molecular weight is 388 g/mol. The lowest BCUT2D eigenvalue weighted by atomic mass is 10.0. The first-order chi connectivity index (χ1) is 12.7. The van der Waals surface area contributed by atoms with E-state index in [-0.39, 0.29) is 23.9 Å². The molecule has 0 aliphatic carbocycles. The molecule has 144 valence electrons. The van der Waals surface area contributed by atoms with Gasteiger partial charge in [0, 0.05) is 12.1 Å². The maximum Gasteiger partial charge on any atom is 0.240 e. The highest BCUT2D eigenvalue weighted by atomic mass is 32.2. The van der Waals surface area contributed by atoms with Gasteiger partial charge in [0.25, 0.3) is 0 Å². The first-order valence-electron chi connectivity index (χ1n) is 8.59. The third-order valence-corrected chi connectivity index (χ3v) is 5.34. The van der Waals surface area contributed by atoms with Crippen LogP contribution in [-0.2, 0) is 14.8 Å². The number of anilines is 1. The average Bonchev–Trinajstić information content (AvgIpc) is 2.64. The Morgan fingerprint density at radius 3 is 2.33 bits per heavy atom. The minimum atomic E-state index is -3.69. The van der Waals surface area contributed by atoms with Gasteiger partial charge in [-0.15, -0.1) is 0 Å². The van der Waals surface area contributed by atoms with Crippen LogP contribution in [0.2, 0.25) is 0 Å². The molecule has 0 aromatic heterocycles. The zero-order valence-electron chi connectivity index (χ0n) is 15.7. The summed E-state index contributed by atoms with van der Waals surface area (Å²) in [6, 6.07) is 16.0. The van der Waals surface area contributed by atoms with Gasteiger partial charge in [-0.25, -0.2) is 8.42 Å². The molecule has 1 amide bonds. The second kappa shape index (κ2) is 8.81. The van der Waals surface area contributed by atoms with Crippen LogP contribution >= 0.6 is 0 Å². The van der Waals surface area contributed by atoms with Gasteiger partial charge < -0.3 is 5.32 Å². The maximum atomic E-state index is 12.3. The molecule has 27 heavy (non-hydrogen) atoms. The quantitative estimate of drug-likeness (QED) is 0.705. The Balaban J connectivity index is 2.09. The van der Waals surface area contributed by atoms with E-state index in [2.05, 4.69) is 5.32 Å². The van der Waals surface area contributed by atoms with Crippen LogP contribution in [0.5, 0.6) is 0 Å². The molecule has 7 heteroatoms. The van der Waals surface area contributed by atoms with Gasteiger partial charge in [-0.05, 0) is 30.5 Å². The van der Waals surface area contributed by atoms with Crippen LogP contribution < -0.4 is 9.62 Å². The molecule has 0 radical (unpaired) electrons. The number of sulfonamides is 1. The van der Waals surface area contributed by atoms with E-state index in [1.54, 1.807) is 18.2 Å². The van der Waals surface area contributed by atoms with Crippen molar-refractivity contribution in [2.75, 3.05) is 23.7 Å². The third kappa shape index (κ3) is 5.92. The van der Waals surface area contributed by atoms with Crippen LogP contribution in [0.1, 0.15) is 35.7 Å². The van der Waals surface area contributed by atoms with Crippen molar-refractivity contribution in [2.45, 2.75) is 19.8 Å². The van der Waals surface area contributed by atoms with Gasteiger partial charge in [0.05, 0.1) is 11.9 Å². The Morgan fingerprint density at radius 1 is 1.07 bits per heavy atom. The Hall–Kier alpha value is -2.67. The smallest absolute Gasteiger partial charge is 0.240 e. The van der Waals surface area contributed by atoms with Crippen molar-refractivity contribution in [3.8, 4) is 0 Å². The van der Waals surface area contributed by atoms with E-state index in [9.17, 15) is 18.0 Å². The van der Waals surface area contributed by atoms with Crippen molar-refractivity contribution < 1.29 is 18.0 Å². The molecular weight excluding hydrogens is 364 g/mol. The molecular formula is C20H24N2O4S. The van der Waals surface area contributed by atoms with Crippen molar-refractivity contribution in [1.29, 1.82) is 0 Å². The van der Waals surface area contributed by atoms with Crippen molar-refractivity contribution in [3.63, 3.8) is 0 Å². The number of benzene rings is 2. The fourth-order valence-corrected chi connectivity index (χ4v) is 3.48. The van der Waals surface area contributed by atoms with Crippen LogP contribution in [-0.4, -0.2) is 39.5 Å². The highest BCUT2D eigenvalue weighted by molar-refractivity contribution is 7.92. The van der Waals surface area contributed by atoms with Crippen LogP contribution in [0.3, 0.4) is 0 Å². The number of nitrogens with one attached hydrogen (secondary N) is 1. The molecule has 0 heterocycles. The summed E-state index contributed by atoms with van der Waals surface area (Å²) in [6.45, 7) is 3.44. The van der Waals surface area contributed by atoms with E-state index in [1.807, 2.05) is 37.3 Å². The van der Waals surface area contributed by atoms with Gasteiger partial charge in [0.1, 0.15) is 6.54 Å². The number of hydrogen-bond donors (Lipinski definition) is 1. The lowest BCUT2D eigenvalue weighted by Crippen LogP contribution is -2.41. The van der Waals surface area contributed by atoms with Gasteiger partial charge in [-0.3, -0.25) is 13.9 Å². The lowest BCUT2D eigenvalue weighted by molar-refractivity contribution is -0.119. The topological polar surface area (TPSA) is 83.6 Å². The highest BCUT2D eigenvalue weighted by Crippen LogP contribution is 2.19. The molecule has 0 saturated carbocycles. The van der Waals surface area contributed by atoms with E-state index in [1.165, 1.54) is 13.0 Å². The van der Waals surface area contributed by atoms with Gasteiger partial charge >= 0.3 is 0 Å². The van der Waals surface area contributed by atoms with E-state index in [0.29, 0.717) is 12.1 Å². The predicted octanol–water partition coefficient (Wildman–Crippen LogP) is 2.58. The lowest BCUT2D eigenvalue weighted by Gasteiger charge is -2.23. The van der Waals surface area contributed by atoms with Gasteiger partial charge in [0.2, 0.25) is 15.9 Å². The second-order valence-corrected chi connectivity index (χ2v) is 8.40. The Morgan fingerprint density at radius 2 is 1.74 bits per heavy atom. The number of rotatable bonds is 8. The molecule has 2 aromatic carbocycles. The van der Waals surface area contributed by atoms with Crippen molar-refractivity contribution in [2.24, 2.45) is 0 Å². The zero-order valence-corrected chi connectivity index (χ0v) is 16.5. The molecule has 0 spiro atoms. The molecule has 0 aliphatic heterocycles. The van der Waals surface area contributed by atoms with E-state index in [4.69, 9.17) is 0 Å². The molecule has 0 fully saturated rings. The predicted molar refractivity (Wildman–Crippen MR) is 107 cm³/mol.